The minimum atomic E-state index is -0.983. The zero-order chi connectivity index (χ0) is 19.2. The van der Waals surface area contributed by atoms with Crippen LogP contribution in [0.3, 0.4) is 0 Å². The van der Waals surface area contributed by atoms with Crippen molar-refractivity contribution < 1.29 is 9.00 Å². The molecule has 0 bridgehead atoms. The second kappa shape index (κ2) is 9.29. The summed E-state index contributed by atoms with van der Waals surface area (Å²) in [7, 11) is -0.983. The Kier molecular flexibility index (Phi) is 6.80. The number of piperidine rings is 1. The molecule has 144 valence electrons. The number of amides is 1. The van der Waals surface area contributed by atoms with Gasteiger partial charge in [-0.05, 0) is 49.4 Å². The Morgan fingerprint density at radius 3 is 2.19 bits per heavy atom. The molecule has 1 saturated heterocycles. The average molecular weight is 385 g/mol. The highest BCUT2D eigenvalue weighted by Gasteiger charge is 2.28. The van der Waals surface area contributed by atoms with Gasteiger partial charge in [-0.2, -0.15) is 0 Å². The highest BCUT2D eigenvalue weighted by atomic mass is 32.2. The number of rotatable bonds is 6. The topological polar surface area (TPSA) is 49.4 Å². The van der Waals surface area contributed by atoms with Gasteiger partial charge >= 0.3 is 0 Å². The van der Waals surface area contributed by atoms with E-state index in [1.54, 1.807) is 6.26 Å². The van der Waals surface area contributed by atoms with Gasteiger partial charge in [-0.25, -0.2) is 0 Å². The fraction of sp³-hybridized carbons (Fsp3) is 0.409. The fourth-order valence-electron chi connectivity index (χ4n) is 3.55. The van der Waals surface area contributed by atoms with Gasteiger partial charge in [0.1, 0.15) is 6.04 Å². The minimum absolute atomic E-state index is 0.00304. The van der Waals surface area contributed by atoms with Gasteiger partial charge in [-0.1, -0.05) is 42.5 Å². The molecule has 0 saturated carbocycles. The monoisotopic (exact) mass is 384 g/mol. The Hall–Kier alpha value is -1.98. The molecule has 0 spiro atoms. The molecule has 27 heavy (non-hydrogen) atoms. The van der Waals surface area contributed by atoms with Gasteiger partial charge in [0.15, 0.2) is 0 Å². The summed E-state index contributed by atoms with van der Waals surface area (Å²) in [5.41, 5.74) is 2.07. The molecule has 1 aliphatic heterocycles. The van der Waals surface area contributed by atoms with Crippen molar-refractivity contribution in [2.24, 2.45) is 0 Å². The number of carbonyl (C=O) groups excluding carboxylic acids is 1. The van der Waals surface area contributed by atoms with Gasteiger partial charge in [-0.3, -0.25) is 14.3 Å². The zero-order valence-corrected chi connectivity index (χ0v) is 16.9. The predicted molar refractivity (Wildman–Crippen MR) is 110 cm³/mol. The van der Waals surface area contributed by atoms with E-state index in [4.69, 9.17) is 0 Å². The molecule has 0 unspecified atom stereocenters. The van der Waals surface area contributed by atoms with Crippen molar-refractivity contribution in [3.63, 3.8) is 0 Å². The molecular weight excluding hydrogens is 356 g/mol. The molecule has 1 N–H and O–H groups in total. The van der Waals surface area contributed by atoms with E-state index in [2.05, 4.69) is 12.2 Å². The van der Waals surface area contributed by atoms with Crippen LogP contribution in [-0.4, -0.2) is 34.4 Å². The summed E-state index contributed by atoms with van der Waals surface area (Å²) < 4.78 is 11.6. The normalized spacial score (nSPS) is 17.9. The number of hydrogen-bond donors (Lipinski definition) is 1. The average Bonchev–Trinajstić information content (AvgIpc) is 2.72. The van der Waals surface area contributed by atoms with Crippen LogP contribution < -0.4 is 5.32 Å². The predicted octanol–water partition coefficient (Wildman–Crippen LogP) is 3.83. The molecule has 2 aromatic carbocycles. The Morgan fingerprint density at radius 1 is 0.963 bits per heavy atom. The molecule has 3 atom stereocenters. The van der Waals surface area contributed by atoms with Crippen molar-refractivity contribution in [1.82, 2.24) is 10.2 Å². The minimum Gasteiger partial charge on any atom is -0.341 e. The molecular formula is C22H28N2O2S. The molecule has 1 fully saturated rings. The molecule has 2 aromatic rings. The summed E-state index contributed by atoms with van der Waals surface area (Å²) >= 11 is 0. The maximum Gasteiger partial charge on any atom is 0.244 e. The lowest BCUT2D eigenvalue weighted by Crippen LogP contribution is -2.43. The number of likely N-dealkylation sites (tertiary alicyclic amines) is 1. The van der Waals surface area contributed by atoms with Crippen LogP contribution in [0.2, 0.25) is 0 Å². The van der Waals surface area contributed by atoms with Gasteiger partial charge in [0, 0.05) is 41.1 Å². The third kappa shape index (κ3) is 5.05. The summed E-state index contributed by atoms with van der Waals surface area (Å²) in [6.07, 6.45) is 5.05. The van der Waals surface area contributed by atoms with Gasteiger partial charge in [0.25, 0.3) is 0 Å². The Balaban J connectivity index is 1.80. The quantitative estimate of drug-likeness (QED) is 0.823. The first-order valence-electron chi connectivity index (χ1n) is 9.59. The second-order valence-electron chi connectivity index (χ2n) is 7.14. The van der Waals surface area contributed by atoms with Crippen LogP contribution >= 0.6 is 0 Å². The van der Waals surface area contributed by atoms with Crippen LogP contribution in [-0.2, 0) is 15.6 Å². The van der Waals surface area contributed by atoms with E-state index >= 15 is 0 Å². The number of carbonyl (C=O) groups is 1. The van der Waals surface area contributed by atoms with Gasteiger partial charge in [0.2, 0.25) is 5.91 Å². The molecule has 5 heteroatoms. The Labute approximate surface area is 164 Å². The lowest BCUT2D eigenvalue weighted by molar-refractivity contribution is -0.134. The first-order chi connectivity index (χ1) is 13.1. The molecule has 0 radical (unpaired) electrons. The smallest absolute Gasteiger partial charge is 0.244 e. The Morgan fingerprint density at radius 2 is 1.59 bits per heavy atom. The van der Waals surface area contributed by atoms with Crippen molar-refractivity contribution in [2.75, 3.05) is 19.3 Å². The zero-order valence-electron chi connectivity index (χ0n) is 16.1. The lowest BCUT2D eigenvalue weighted by atomic mass is 10.0. The van der Waals surface area contributed by atoms with E-state index in [0.29, 0.717) is 0 Å². The summed E-state index contributed by atoms with van der Waals surface area (Å²) in [5.74, 6) is 0.152. The molecule has 3 rings (SSSR count). The molecule has 4 nitrogen and oxygen atoms in total. The number of nitrogens with one attached hydrogen (secondary N) is 1. The van der Waals surface area contributed by atoms with Crippen LogP contribution in [0.25, 0.3) is 0 Å². The summed E-state index contributed by atoms with van der Waals surface area (Å²) in [6, 6.07) is 17.4. The van der Waals surface area contributed by atoms with E-state index < -0.39 is 10.8 Å². The maximum atomic E-state index is 13.2. The van der Waals surface area contributed by atoms with Crippen molar-refractivity contribution in [1.29, 1.82) is 0 Å². The third-order valence-corrected chi connectivity index (χ3v) is 6.11. The maximum absolute atomic E-state index is 13.2. The van der Waals surface area contributed by atoms with Crippen LogP contribution in [0, 0.1) is 0 Å². The van der Waals surface area contributed by atoms with E-state index in [1.807, 2.05) is 59.5 Å². The van der Waals surface area contributed by atoms with Gasteiger partial charge in [-0.15, -0.1) is 0 Å². The van der Waals surface area contributed by atoms with Crippen LogP contribution in [0.5, 0.6) is 0 Å². The fourth-order valence-corrected chi connectivity index (χ4v) is 4.07. The van der Waals surface area contributed by atoms with Gasteiger partial charge < -0.3 is 4.90 Å². The van der Waals surface area contributed by atoms with E-state index in [9.17, 15) is 9.00 Å². The summed E-state index contributed by atoms with van der Waals surface area (Å²) in [6.45, 7) is 3.75. The van der Waals surface area contributed by atoms with Crippen molar-refractivity contribution >= 4 is 16.7 Å². The molecule has 0 aliphatic carbocycles. The molecule has 0 aromatic heterocycles. The number of hydrogen-bond acceptors (Lipinski definition) is 3. The first kappa shape index (κ1) is 19.8. The Bertz CT molecular complexity index is 771. The van der Waals surface area contributed by atoms with Gasteiger partial charge in [0.05, 0.1) is 0 Å². The number of nitrogens with zero attached hydrogens (tertiary/aromatic N) is 1. The number of benzene rings is 2. The lowest BCUT2D eigenvalue weighted by Gasteiger charge is -2.32. The summed E-state index contributed by atoms with van der Waals surface area (Å²) in [5, 5.41) is 3.53. The molecule has 1 aliphatic rings. The van der Waals surface area contributed by atoms with Crippen LogP contribution in [0.4, 0.5) is 0 Å². The summed E-state index contributed by atoms with van der Waals surface area (Å²) in [4.78, 5) is 16.0. The largest absolute Gasteiger partial charge is 0.341 e. The standard InChI is InChI=1S/C22H28N2O2S/c1-17(18-11-13-20(14-12-18)27(2)26)23-21(19-9-5-3-6-10-19)22(25)24-15-7-4-8-16-24/h3,5-6,9-14,17,21,23H,4,7-8,15-16H2,1-2H3/t17-,21-,27+/m0/s1. The van der Waals surface area contributed by atoms with Crippen LogP contribution in [0.1, 0.15) is 49.4 Å². The van der Waals surface area contributed by atoms with E-state index in [1.165, 1.54) is 6.42 Å². The molecule has 1 heterocycles. The highest BCUT2D eigenvalue weighted by molar-refractivity contribution is 7.84. The SMILES string of the molecule is C[C@H](N[C@H](C(=O)N1CCCCC1)c1ccccc1)c1ccc([S@@](C)=O)cc1. The highest BCUT2D eigenvalue weighted by Crippen LogP contribution is 2.24. The van der Waals surface area contributed by atoms with Crippen molar-refractivity contribution in [3.8, 4) is 0 Å². The van der Waals surface area contributed by atoms with E-state index in [0.717, 1.165) is 42.0 Å². The van der Waals surface area contributed by atoms with Crippen molar-refractivity contribution in [3.05, 3.63) is 65.7 Å². The second-order valence-corrected chi connectivity index (χ2v) is 8.52. The van der Waals surface area contributed by atoms with E-state index in [-0.39, 0.29) is 18.0 Å². The van der Waals surface area contributed by atoms with Crippen LogP contribution in [0.15, 0.2) is 59.5 Å². The first-order valence-corrected chi connectivity index (χ1v) is 11.2. The van der Waals surface area contributed by atoms with Crippen molar-refractivity contribution in [2.45, 2.75) is 43.2 Å². The molecule has 1 amide bonds. The third-order valence-electron chi connectivity index (χ3n) is 5.18.